The zero-order valence-electron chi connectivity index (χ0n) is 19.4. The van der Waals surface area contributed by atoms with Crippen molar-refractivity contribution in [3.8, 4) is 17.1 Å². The molecule has 8 heteroatoms. The zero-order valence-corrected chi connectivity index (χ0v) is 20.1. The van der Waals surface area contributed by atoms with Gasteiger partial charge in [-0.25, -0.2) is 4.99 Å². The van der Waals surface area contributed by atoms with Crippen LogP contribution in [-0.2, 0) is 0 Å². The number of aromatic amines is 1. The van der Waals surface area contributed by atoms with Gasteiger partial charge in [0.05, 0.1) is 28.7 Å². The number of aromatic nitrogens is 1. The van der Waals surface area contributed by atoms with Crippen molar-refractivity contribution >= 4 is 29.1 Å². The first kappa shape index (κ1) is 23.7. The van der Waals surface area contributed by atoms with Gasteiger partial charge in [-0.2, -0.15) is 0 Å². The van der Waals surface area contributed by atoms with Crippen LogP contribution in [0.2, 0.25) is 5.02 Å². The number of rotatable bonds is 8. The lowest BCUT2D eigenvalue weighted by Gasteiger charge is -2.29. The van der Waals surface area contributed by atoms with Gasteiger partial charge in [0.25, 0.3) is 11.8 Å². The largest absolute Gasteiger partial charge is 0.494 e. The van der Waals surface area contributed by atoms with Crippen molar-refractivity contribution in [2.75, 3.05) is 13.1 Å². The van der Waals surface area contributed by atoms with Crippen LogP contribution in [0.4, 0.5) is 0 Å². The van der Waals surface area contributed by atoms with E-state index in [0.717, 1.165) is 19.5 Å². The van der Waals surface area contributed by atoms with Gasteiger partial charge in [-0.15, -0.1) is 0 Å². The van der Waals surface area contributed by atoms with E-state index >= 15 is 0 Å². The molecule has 0 radical (unpaired) electrons. The van der Waals surface area contributed by atoms with Gasteiger partial charge in [-0.05, 0) is 49.3 Å². The van der Waals surface area contributed by atoms with Crippen molar-refractivity contribution < 1.29 is 14.7 Å². The fourth-order valence-corrected chi connectivity index (χ4v) is 4.44. The number of H-pyrrole nitrogens is 1. The highest BCUT2D eigenvalue weighted by molar-refractivity contribution is 6.32. The lowest BCUT2D eigenvalue weighted by Crippen LogP contribution is -2.47. The molecule has 0 spiro atoms. The summed E-state index contributed by atoms with van der Waals surface area (Å²) in [5.41, 5.74) is 3.42. The molecule has 2 aromatic carbocycles. The maximum atomic E-state index is 12.8. The standard InChI is InChI=1S/C26H27ClN4O3/c1-4-19(31(5-2)6-3)28-24(32)17-9-7-15(8-10-17)22-20-21(26(34)29-22)23(30-25(20)33)16-11-13-18(27)14-12-16/h7-14,19,29,34H,4-6H2,1-3H3,(H,28,32). The van der Waals surface area contributed by atoms with Crippen LogP contribution in [0.1, 0.15) is 59.0 Å². The van der Waals surface area contributed by atoms with E-state index in [0.29, 0.717) is 44.2 Å². The van der Waals surface area contributed by atoms with E-state index in [1.54, 1.807) is 48.5 Å². The number of aromatic hydroxyl groups is 1. The Morgan fingerprint density at radius 1 is 1.03 bits per heavy atom. The fourth-order valence-electron chi connectivity index (χ4n) is 4.32. The van der Waals surface area contributed by atoms with Crippen LogP contribution in [0.15, 0.2) is 53.5 Å². The summed E-state index contributed by atoms with van der Waals surface area (Å²) in [7, 11) is 0. The molecule has 0 saturated carbocycles. The average Bonchev–Trinajstić information content (AvgIpc) is 3.37. The Bertz CT molecular complexity index is 1240. The second-order valence-electron chi connectivity index (χ2n) is 8.07. The second-order valence-corrected chi connectivity index (χ2v) is 8.50. The van der Waals surface area contributed by atoms with E-state index < -0.39 is 5.91 Å². The van der Waals surface area contributed by atoms with Gasteiger partial charge in [-0.1, -0.05) is 56.6 Å². The van der Waals surface area contributed by atoms with Crippen LogP contribution in [0.3, 0.4) is 0 Å². The molecule has 4 rings (SSSR count). The van der Waals surface area contributed by atoms with Crippen molar-refractivity contribution in [3.05, 3.63) is 75.8 Å². The average molecular weight is 479 g/mol. The maximum absolute atomic E-state index is 12.8. The molecule has 2 heterocycles. The van der Waals surface area contributed by atoms with Crippen LogP contribution in [0, 0.1) is 0 Å². The molecular formula is C26H27ClN4O3. The molecule has 1 aliphatic heterocycles. The molecule has 1 aromatic heterocycles. The summed E-state index contributed by atoms with van der Waals surface area (Å²) in [5, 5.41) is 14.3. The number of amides is 2. The van der Waals surface area contributed by atoms with Crippen LogP contribution >= 0.6 is 11.6 Å². The third-order valence-electron chi connectivity index (χ3n) is 6.14. The minimum Gasteiger partial charge on any atom is -0.494 e. The van der Waals surface area contributed by atoms with E-state index in [9.17, 15) is 14.7 Å². The third kappa shape index (κ3) is 4.36. The summed E-state index contributed by atoms with van der Waals surface area (Å²) < 4.78 is 0. The van der Waals surface area contributed by atoms with Gasteiger partial charge in [0.1, 0.15) is 0 Å². The molecule has 34 heavy (non-hydrogen) atoms. The van der Waals surface area contributed by atoms with Crippen molar-refractivity contribution in [1.82, 2.24) is 15.2 Å². The summed E-state index contributed by atoms with van der Waals surface area (Å²) in [6.45, 7) is 7.89. The Kier molecular flexibility index (Phi) is 6.86. The summed E-state index contributed by atoms with van der Waals surface area (Å²) in [6.07, 6.45) is 0.768. The first-order valence-corrected chi connectivity index (χ1v) is 11.7. The Balaban J connectivity index is 1.60. The molecule has 3 aromatic rings. The quantitative estimate of drug-likeness (QED) is 0.403. The number of fused-ring (bicyclic) bond motifs is 1. The monoisotopic (exact) mass is 478 g/mol. The number of carbonyl (C=O) groups is 2. The molecule has 1 aliphatic rings. The summed E-state index contributed by atoms with van der Waals surface area (Å²) >= 11 is 5.97. The molecule has 0 bridgehead atoms. The van der Waals surface area contributed by atoms with E-state index in [-0.39, 0.29) is 18.0 Å². The van der Waals surface area contributed by atoms with Crippen molar-refractivity contribution in [2.24, 2.45) is 4.99 Å². The molecule has 0 saturated heterocycles. The molecule has 0 aliphatic carbocycles. The summed E-state index contributed by atoms with van der Waals surface area (Å²) in [6, 6.07) is 13.9. The predicted molar refractivity (Wildman–Crippen MR) is 134 cm³/mol. The fraction of sp³-hybridized carbons (Fsp3) is 0.269. The normalized spacial score (nSPS) is 13.7. The number of benzene rings is 2. The van der Waals surface area contributed by atoms with Crippen LogP contribution in [0.25, 0.3) is 11.3 Å². The molecule has 3 N–H and O–H groups in total. The third-order valence-corrected chi connectivity index (χ3v) is 6.39. The molecule has 1 atom stereocenters. The van der Waals surface area contributed by atoms with Crippen molar-refractivity contribution in [1.29, 1.82) is 0 Å². The van der Waals surface area contributed by atoms with Crippen LogP contribution < -0.4 is 5.32 Å². The molecule has 1 unspecified atom stereocenters. The van der Waals surface area contributed by atoms with Crippen LogP contribution in [-0.4, -0.2) is 51.8 Å². The minimum atomic E-state index is -0.432. The molecule has 7 nitrogen and oxygen atoms in total. The van der Waals surface area contributed by atoms with Gasteiger partial charge in [0.15, 0.2) is 5.88 Å². The maximum Gasteiger partial charge on any atom is 0.280 e. The van der Waals surface area contributed by atoms with Crippen LogP contribution in [0.5, 0.6) is 5.88 Å². The number of nitrogens with one attached hydrogen (secondary N) is 2. The zero-order chi connectivity index (χ0) is 24.4. The topological polar surface area (TPSA) is 97.8 Å². The molecular weight excluding hydrogens is 452 g/mol. The van der Waals surface area contributed by atoms with E-state index in [2.05, 4.69) is 34.0 Å². The number of hydrogen-bond acceptors (Lipinski definition) is 4. The first-order chi connectivity index (χ1) is 16.4. The van der Waals surface area contributed by atoms with E-state index in [1.807, 2.05) is 6.92 Å². The Labute approximate surface area is 203 Å². The number of nitrogens with zero attached hydrogens (tertiary/aromatic N) is 2. The lowest BCUT2D eigenvalue weighted by molar-refractivity contribution is 0.0854. The number of aliphatic imine (C=N–C) groups is 1. The second kappa shape index (κ2) is 9.83. The minimum absolute atomic E-state index is 0.0353. The van der Waals surface area contributed by atoms with Gasteiger partial charge < -0.3 is 15.4 Å². The number of carbonyl (C=O) groups excluding carboxylic acids is 2. The van der Waals surface area contributed by atoms with Crippen molar-refractivity contribution in [3.63, 3.8) is 0 Å². The highest BCUT2D eigenvalue weighted by atomic mass is 35.5. The lowest BCUT2D eigenvalue weighted by atomic mass is 9.99. The molecule has 176 valence electrons. The SMILES string of the molecule is CCC(NC(=O)c1ccc(-c2[nH]c(O)c3c2C(=O)N=C3c2ccc(Cl)cc2)cc1)N(CC)CC. The Morgan fingerprint density at radius 2 is 1.65 bits per heavy atom. The van der Waals surface area contributed by atoms with Gasteiger partial charge in [-0.3, -0.25) is 14.5 Å². The van der Waals surface area contributed by atoms with Gasteiger partial charge in [0.2, 0.25) is 0 Å². The highest BCUT2D eigenvalue weighted by Gasteiger charge is 2.33. The van der Waals surface area contributed by atoms with E-state index in [4.69, 9.17) is 11.6 Å². The van der Waals surface area contributed by atoms with E-state index in [1.165, 1.54) is 0 Å². The Morgan fingerprint density at radius 3 is 2.24 bits per heavy atom. The van der Waals surface area contributed by atoms with Gasteiger partial charge in [0, 0.05) is 16.1 Å². The van der Waals surface area contributed by atoms with Crippen molar-refractivity contribution in [2.45, 2.75) is 33.4 Å². The highest BCUT2D eigenvalue weighted by Crippen LogP contribution is 2.38. The number of hydrogen-bond donors (Lipinski definition) is 3. The summed E-state index contributed by atoms with van der Waals surface area (Å²) in [5.74, 6) is -0.719. The molecule has 2 amide bonds. The smallest absolute Gasteiger partial charge is 0.280 e. The number of halogens is 1. The Hall–Kier alpha value is -3.42. The summed E-state index contributed by atoms with van der Waals surface area (Å²) in [4.78, 5) is 34.8. The van der Waals surface area contributed by atoms with Gasteiger partial charge >= 0.3 is 0 Å². The predicted octanol–water partition coefficient (Wildman–Crippen LogP) is 4.84. The first-order valence-electron chi connectivity index (χ1n) is 11.4. The molecule has 0 fully saturated rings.